The molecule has 1 atom stereocenters. The summed E-state index contributed by atoms with van der Waals surface area (Å²) in [7, 11) is 0. The van der Waals surface area contributed by atoms with Crippen molar-refractivity contribution in [3.8, 4) is 0 Å². The predicted octanol–water partition coefficient (Wildman–Crippen LogP) is 2.23. The number of nitrogens with one attached hydrogen (secondary N) is 2. The summed E-state index contributed by atoms with van der Waals surface area (Å²) in [5, 5.41) is 4.59. The van der Waals surface area contributed by atoms with Crippen LogP contribution in [0.5, 0.6) is 0 Å². The van der Waals surface area contributed by atoms with Crippen LogP contribution in [-0.4, -0.2) is 57.9 Å². The molecule has 0 unspecified atom stereocenters. The van der Waals surface area contributed by atoms with Crippen molar-refractivity contribution in [3.05, 3.63) is 29.3 Å². The van der Waals surface area contributed by atoms with Crippen LogP contribution in [0.3, 0.4) is 0 Å². The average Bonchev–Trinajstić information content (AvgIpc) is 3.24. The summed E-state index contributed by atoms with van der Waals surface area (Å²) in [5.74, 6) is -0.372. The van der Waals surface area contributed by atoms with Gasteiger partial charge < -0.3 is 5.32 Å². The van der Waals surface area contributed by atoms with Gasteiger partial charge in [0.05, 0.1) is 21.8 Å². The number of likely N-dealkylation sites (tertiary alicyclic amines) is 1. The number of imide groups is 1. The third-order valence-electron chi connectivity index (χ3n) is 5.82. The van der Waals surface area contributed by atoms with Crippen molar-refractivity contribution >= 4 is 39.4 Å². The molecule has 0 aliphatic carbocycles. The first kappa shape index (κ1) is 19.8. The summed E-state index contributed by atoms with van der Waals surface area (Å²) in [5.41, 5.74) is 2.54. The minimum atomic E-state index is -0.958. The van der Waals surface area contributed by atoms with Crippen molar-refractivity contribution in [2.24, 2.45) is 0 Å². The fourth-order valence-corrected chi connectivity index (χ4v) is 4.93. The van der Waals surface area contributed by atoms with Crippen molar-refractivity contribution < 1.29 is 14.4 Å². The number of rotatable bonds is 5. The molecular weight excluding hydrogens is 390 g/mol. The van der Waals surface area contributed by atoms with Gasteiger partial charge in [0.2, 0.25) is 0 Å². The summed E-state index contributed by atoms with van der Waals surface area (Å²) in [4.78, 5) is 43.6. The molecule has 2 saturated heterocycles. The standard InChI is InChI=1S/C20H25N5O3S/c1-3-20(2)18(27)25(19(28)22-20)23-16(26)12-24-10-8-13(9-11-24)17-21-14-6-4-5-7-15(14)29-17/h4-7,13H,3,8-12H2,1-2H3,(H,22,28)(H,23,26)/t20-/m0/s1. The third-order valence-corrected chi connectivity index (χ3v) is 7.02. The Labute approximate surface area is 173 Å². The van der Waals surface area contributed by atoms with E-state index in [0.29, 0.717) is 12.3 Å². The van der Waals surface area contributed by atoms with E-state index in [1.165, 1.54) is 4.70 Å². The van der Waals surface area contributed by atoms with E-state index in [4.69, 9.17) is 4.98 Å². The second kappa shape index (κ2) is 7.72. The quantitative estimate of drug-likeness (QED) is 0.731. The molecular formula is C20H25N5O3S. The molecule has 1 aromatic heterocycles. The Balaban J connectivity index is 1.30. The van der Waals surface area contributed by atoms with Crippen LogP contribution in [0, 0.1) is 0 Å². The Morgan fingerprint density at radius 3 is 2.69 bits per heavy atom. The number of benzene rings is 1. The number of hydrazine groups is 1. The van der Waals surface area contributed by atoms with E-state index in [9.17, 15) is 14.4 Å². The van der Waals surface area contributed by atoms with E-state index in [1.54, 1.807) is 18.3 Å². The zero-order chi connectivity index (χ0) is 20.6. The molecule has 2 aliphatic heterocycles. The number of urea groups is 1. The van der Waals surface area contributed by atoms with Gasteiger partial charge in [0.25, 0.3) is 11.8 Å². The van der Waals surface area contributed by atoms with Gasteiger partial charge >= 0.3 is 6.03 Å². The largest absolute Gasteiger partial charge is 0.344 e. The predicted molar refractivity (Wildman–Crippen MR) is 110 cm³/mol. The van der Waals surface area contributed by atoms with Crippen LogP contribution in [-0.2, 0) is 9.59 Å². The number of fused-ring (bicyclic) bond motifs is 1. The summed E-state index contributed by atoms with van der Waals surface area (Å²) in [6, 6.07) is 7.58. The molecule has 2 N–H and O–H groups in total. The van der Waals surface area contributed by atoms with E-state index in [-0.39, 0.29) is 12.5 Å². The molecule has 4 amide bonds. The van der Waals surface area contributed by atoms with Gasteiger partial charge in [-0.2, -0.15) is 5.01 Å². The van der Waals surface area contributed by atoms with Crippen LogP contribution >= 0.6 is 11.3 Å². The lowest BCUT2D eigenvalue weighted by Crippen LogP contribution is -2.51. The topological polar surface area (TPSA) is 94.6 Å². The summed E-state index contributed by atoms with van der Waals surface area (Å²) in [6.45, 7) is 5.19. The Kier molecular flexibility index (Phi) is 5.26. The van der Waals surface area contributed by atoms with Crippen LogP contribution in [0.4, 0.5) is 4.79 Å². The second-order valence-electron chi connectivity index (χ2n) is 7.86. The number of aromatic nitrogens is 1. The highest BCUT2D eigenvalue weighted by Crippen LogP contribution is 2.33. The highest BCUT2D eigenvalue weighted by Gasteiger charge is 2.47. The smallest absolute Gasteiger partial charge is 0.322 e. The number of amides is 4. The molecule has 154 valence electrons. The summed E-state index contributed by atoms with van der Waals surface area (Å²) >= 11 is 1.75. The van der Waals surface area contributed by atoms with Gasteiger partial charge in [-0.3, -0.25) is 19.9 Å². The van der Waals surface area contributed by atoms with Gasteiger partial charge in [0.1, 0.15) is 5.54 Å². The van der Waals surface area contributed by atoms with Crippen LogP contribution in [0.25, 0.3) is 10.2 Å². The number of carbonyl (C=O) groups excluding carboxylic acids is 3. The lowest BCUT2D eigenvalue weighted by molar-refractivity contribution is -0.139. The number of piperidine rings is 1. The van der Waals surface area contributed by atoms with E-state index >= 15 is 0 Å². The fraction of sp³-hybridized carbons (Fsp3) is 0.500. The van der Waals surface area contributed by atoms with Crippen LogP contribution in [0.1, 0.15) is 44.0 Å². The minimum absolute atomic E-state index is 0.159. The maximum absolute atomic E-state index is 12.4. The van der Waals surface area contributed by atoms with Gasteiger partial charge in [-0.25, -0.2) is 9.78 Å². The fourth-order valence-electron chi connectivity index (χ4n) is 3.79. The molecule has 0 saturated carbocycles. The first-order chi connectivity index (χ1) is 13.9. The van der Waals surface area contributed by atoms with E-state index in [2.05, 4.69) is 21.7 Å². The molecule has 2 fully saturated rings. The third kappa shape index (κ3) is 3.84. The molecule has 29 heavy (non-hydrogen) atoms. The second-order valence-corrected chi connectivity index (χ2v) is 8.92. The van der Waals surface area contributed by atoms with Gasteiger partial charge in [-0.15, -0.1) is 11.3 Å². The Morgan fingerprint density at radius 1 is 1.31 bits per heavy atom. The highest BCUT2D eigenvalue weighted by atomic mass is 32.1. The zero-order valence-corrected chi connectivity index (χ0v) is 17.4. The van der Waals surface area contributed by atoms with Crippen LogP contribution in [0.15, 0.2) is 24.3 Å². The monoisotopic (exact) mass is 415 g/mol. The van der Waals surface area contributed by atoms with Gasteiger partial charge in [0, 0.05) is 5.92 Å². The number of carbonyl (C=O) groups is 3. The molecule has 4 rings (SSSR count). The molecule has 0 spiro atoms. The first-order valence-corrected chi connectivity index (χ1v) is 10.8. The minimum Gasteiger partial charge on any atom is -0.322 e. The number of para-hydroxylation sites is 1. The maximum Gasteiger partial charge on any atom is 0.344 e. The van der Waals surface area contributed by atoms with Crippen molar-refractivity contribution in [1.82, 2.24) is 25.6 Å². The van der Waals surface area contributed by atoms with Crippen molar-refractivity contribution in [2.75, 3.05) is 19.6 Å². The van der Waals surface area contributed by atoms with Crippen LogP contribution < -0.4 is 10.7 Å². The Bertz CT molecular complexity index is 919. The van der Waals surface area contributed by atoms with Crippen molar-refractivity contribution in [1.29, 1.82) is 0 Å². The molecule has 2 aliphatic rings. The molecule has 9 heteroatoms. The zero-order valence-electron chi connectivity index (χ0n) is 16.6. The average molecular weight is 416 g/mol. The van der Waals surface area contributed by atoms with Crippen molar-refractivity contribution in [2.45, 2.75) is 44.6 Å². The molecule has 2 aromatic rings. The normalized spacial score (nSPS) is 23.6. The van der Waals surface area contributed by atoms with Crippen LogP contribution in [0.2, 0.25) is 0 Å². The number of thiazole rings is 1. The Morgan fingerprint density at radius 2 is 2.03 bits per heavy atom. The van der Waals surface area contributed by atoms with E-state index in [1.807, 2.05) is 25.1 Å². The van der Waals surface area contributed by atoms with Gasteiger partial charge in [-0.1, -0.05) is 19.1 Å². The summed E-state index contributed by atoms with van der Waals surface area (Å²) in [6.07, 6.45) is 2.33. The lowest BCUT2D eigenvalue weighted by atomic mass is 9.97. The van der Waals surface area contributed by atoms with Gasteiger partial charge in [0.15, 0.2) is 0 Å². The molecule has 8 nitrogen and oxygen atoms in total. The van der Waals surface area contributed by atoms with E-state index in [0.717, 1.165) is 41.5 Å². The molecule has 0 bridgehead atoms. The molecule has 3 heterocycles. The first-order valence-electron chi connectivity index (χ1n) is 9.93. The SMILES string of the molecule is CC[C@]1(C)NC(=O)N(NC(=O)CN2CCC(c3nc4ccccc4s3)CC2)C1=O. The molecule has 1 aromatic carbocycles. The lowest BCUT2D eigenvalue weighted by Gasteiger charge is -2.30. The van der Waals surface area contributed by atoms with Crippen molar-refractivity contribution in [3.63, 3.8) is 0 Å². The Hall–Kier alpha value is -2.52. The molecule has 0 radical (unpaired) electrons. The number of nitrogens with zero attached hydrogens (tertiary/aromatic N) is 3. The van der Waals surface area contributed by atoms with Gasteiger partial charge in [-0.05, 0) is 51.4 Å². The number of hydrogen-bond acceptors (Lipinski definition) is 6. The highest BCUT2D eigenvalue weighted by molar-refractivity contribution is 7.18. The number of hydrogen-bond donors (Lipinski definition) is 2. The maximum atomic E-state index is 12.4. The summed E-state index contributed by atoms with van der Waals surface area (Å²) < 4.78 is 1.21. The van der Waals surface area contributed by atoms with E-state index < -0.39 is 17.5 Å².